The summed E-state index contributed by atoms with van der Waals surface area (Å²) >= 11 is 0. The van der Waals surface area contributed by atoms with Crippen molar-refractivity contribution >= 4 is 34.0 Å². The standard InChI is InChI=1S/C25H14F6N8O2/c1-11-33-10-38(37-11)21-16(24(26,27)28)7-12(8-32-21)35-23(41)15-9-34-39(20(15)25(29,30)31)18-6-5-17-19-13(18)3-2-4-14(19)22(40)36-17/h2-10H,1H3,(H,35,41)(H,36,40). The molecule has 1 aliphatic rings. The summed E-state index contributed by atoms with van der Waals surface area (Å²) in [6.45, 7) is 1.46. The van der Waals surface area contributed by atoms with Crippen molar-refractivity contribution in [3.8, 4) is 11.5 Å². The summed E-state index contributed by atoms with van der Waals surface area (Å²) in [6, 6.07) is 7.76. The summed E-state index contributed by atoms with van der Waals surface area (Å²) in [6.07, 6.45) is -7.53. The number of hydrogen-bond donors (Lipinski definition) is 2. The Morgan fingerprint density at radius 2 is 1.78 bits per heavy atom. The zero-order chi connectivity index (χ0) is 29.3. The molecule has 2 aromatic carbocycles. The molecule has 1 aliphatic heterocycles. The molecule has 6 rings (SSSR count). The summed E-state index contributed by atoms with van der Waals surface area (Å²) in [7, 11) is 0. The van der Waals surface area contributed by atoms with Crippen LogP contribution < -0.4 is 10.6 Å². The Morgan fingerprint density at radius 3 is 2.46 bits per heavy atom. The Morgan fingerprint density at radius 1 is 1.00 bits per heavy atom. The van der Waals surface area contributed by atoms with Crippen LogP contribution in [0.4, 0.5) is 37.7 Å². The fourth-order valence-electron chi connectivity index (χ4n) is 4.59. The van der Waals surface area contributed by atoms with Gasteiger partial charge >= 0.3 is 12.4 Å². The van der Waals surface area contributed by atoms with Gasteiger partial charge < -0.3 is 10.6 Å². The second-order valence-electron chi connectivity index (χ2n) is 8.91. The first kappa shape index (κ1) is 26.0. The molecule has 0 saturated heterocycles. The predicted octanol–water partition coefficient (Wildman–Crippen LogP) is 5.17. The molecule has 0 atom stereocenters. The third-order valence-corrected chi connectivity index (χ3v) is 6.27. The summed E-state index contributed by atoms with van der Waals surface area (Å²) < 4.78 is 85.7. The van der Waals surface area contributed by atoms with E-state index in [1.54, 1.807) is 0 Å². The van der Waals surface area contributed by atoms with Gasteiger partial charge in [-0.2, -0.15) is 36.5 Å². The van der Waals surface area contributed by atoms with Gasteiger partial charge in [0.2, 0.25) is 0 Å². The second-order valence-corrected chi connectivity index (χ2v) is 8.91. The Labute approximate surface area is 224 Å². The van der Waals surface area contributed by atoms with Crippen LogP contribution in [0.1, 0.15) is 37.8 Å². The highest BCUT2D eigenvalue weighted by molar-refractivity contribution is 6.25. The number of benzene rings is 2. The largest absolute Gasteiger partial charge is 0.434 e. The SMILES string of the molecule is Cc1ncn(-c2ncc(NC(=O)c3cnn(-c4ccc5c6c(cccc46)C(=O)N5)c3C(F)(F)F)cc2C(F)(F)F)n1. The van der Waals surface area contributed by atoms with Crippen molar-refractivity contribution in [1.29, 1.82) is 0 Å². The van der Waals surface area contributed by atoms with Crippen LogP contribution in [0.3, 0.4) is 0 Å². The summed E-state index contributed by atoms with van der Waals surface area (Å²) in [5, 5.41) is 12.9. The number of aryl methyl sites for hydroxylation is 1. The van der Waals surface area contributed by atoms with Crippen molar-refractivity contribution in [3.05, 3.63) is 83.3 Å². The molecular weight excluding hydrogens is 558 g/mol. The second kappa shape index (κ2) is 8.87. The zero-order valence-corrected chi connectivity index (χ0v) is 20.5. The van der Waals surface area contributed by atoms with Gasteiger partial charge in [-0.1, -0.05) is 12.1 Å². The van der Waals surface area contributed by atoms with Gasteiger partial charge in [0.15, 0.2) is 11.5 Å². The minimum Gasteiger partial charge on any atom is -0.321 e. The molecule has 0 fully saturated rings. The van der Waals surface area contributed by atoms with Crippen LogP contribution in [0.2, 0.25) is 0 Å². The van der Waals surface area contributed by atoms with Crippen molar-refractivity contribution in [2.75, 3.05) is 10.6 Å². The number of halogens is 6. The van der Waals surface area contributed by atoms with Crippen molar-refractivity contribution < 1.29 is 35.9 Å². The van der Waals surface area contributed by atoms with Gasteiger partial charge in [-0.15, -0.1) is 0 Å². The average molecular weight is 572 g/mol. The fourth-order valence-corrected chi connectivity index (χ4v) is 4.59. The molecule has 2 N–H and O–H groups in total. The van der Waals surface area contributed by atoms with E-state index in [9.17, 15) is 35.9 Å². The molecule has 16 heteroatoms. The monoisotopic (exact) mass is 572 g/mol. The molecule has 0 unspecified atom stereocenters. The topological polar surface area (TPSA) is 120 Å². The lowest BCUT2D eigenvalue weighted by Gasteiger charge is -2.16. The number of carbonyl (C=O) groups is 2. The van der Waals surface area contributed by atoms with Crippen LogP contribution in [0.25, 0.3) is 22.3 Å². The predicted molar refractivity (Wildman–Crippen MR) is 131 cm³/mol. The highest BCUT2D eigenvalue weighted by Crippen LogP contribution is 2.40. The number of nitrogens with zero attached hydrogens (tertiary/aromatic N) is 6. The zero-order valence-electron chi connectivity index (χ0n) is 20.5. The molecule has 10 nitrogen and oxygen atoms in total. The lowest BCUT2D eigenvalue weighted by Crippen LogP contribution is -2.21. The van der Waals surface area contributed by atoms with E-state index >= 15 is 0 Å². The van der Waals surface area contributed by atoms with E-state index in [4.69, 9.17) is 0 Å². The van der Waals surface area contributed by atoms with Gasteiger partial charge in [0.1, 0.15) is 17.7 Å². The number of alkyl halides is 6. The number of aromatic nitrogens is 6. The minimum atomic E-state index is -5.11. The van der Waals surface area contributed by atoms with Crippen LogP contribution in [0, 0.1) is 6.92 Å². The summed E-state index contributed by atoms with van der Waals surface area (Å²) in [5.74, 6) is -2.25. The molecule has 0 spiro atoms. The van der Waals surface area contributed by atoms with E-state index in [1.807, 2.05) is 5.32 Å². The van der Waals surface area contributed by atoms with Crippen LogP contribution >= 0.6 is 0 Å². The molecule has 5 aromatic rings. The maximum atomic E-state index is 14.3. The lowest BCUT2D eigenvalue weighted by atomic mass is 10.0. The lowest BCUT2D eigenvalue weighted by molar-refractivity contribution is -0.143. The number of rotatable bonds is 4. The Balaban J connectivity index is 1.41. The van der Waals surface area contributed by atoms with Crippen LogP contribution in [-0.4, -0.2) is 41.3 Å². The molecule has 0 bridgehead atoms. The molecule has 208 valence electrons. The number of amides is 2. The average Bonchev–Trinajstić information content (AvgIpc) is 3.62. The summed E-state index contributed by atoms with van der Waals surface area (Å²) in [4.78, 5) is 32.7. The smallest absolute Gasteiger partial charge is 0.321 e. The van der Waals surface area contributed by atoms with Gasteiger partial charge in [-0.05, 0) is 31.2 Å². The van der Waals surface area contributed by atoms with Crippen molar-refractivity contribution in [3.63, 3.8) is 0 Å². The number of nitrogens with one attached hydrogen (secondary N) is 2. The van der Waals surface area contributed by atoms with E-state index in [2.05, 4.69) is 25.5 Å². The van der Waals surface area contributed by atoms with Crippen molar-refractivity contribution in [2.45, 2.75) is 19.3 Å². The van der Waals surface area contributed by atoms with Gasteiger partial charge in [-0.3, -0.25) is 9.59 Å². The Bertz CT molecular complexity index is 1890. The van der Waals surface area contributed by atoms with Crippen LogP contribution in [-0.2, 0) is 12.4 Å². The maximum absolute atomic E-state index is 14.3. The minimum absolute atomic E-state index is 0.0676. The first-order valence-electron chi connectivity index (χ1n) is 11.6. The molecule has 4 heterocycles. The molecule has 0 aliphatic carbocycles. The van der Waals surface area contributed by atoms with Crippen LogP contribution in [0.15, 0.2) is 55.1 Å². The van der Waals surface area contributed by atoms with E-state index < -0.39 is 52.5 Å². The molecule has 3 aromatic heterocycles. The molecule has 0 saturated carbocycles. The molecule has 2 amide bonds. The quantitative estimate of drug-likeness (QED) is 0.287. The Kier molecular flexibility index (Phi) is 5.62. The highest BCUT2D eigenvalue weighted by atomic mass is 19.4. The normalized spacial score (nSPS) is 13.1. The fraction of sp³-hybridized carbons (Fsp3) is 0.120. The number of hydrogen-bond acceptors (Lipinski definition) is 6. The number of carbonyl (C=O) groups excluding carboxylic acids is 2. The maximum Gasteiger partial charge on any atom is 0.434 e. The van der Waals surface area contributed by atoms with E-state index in [0.29, 0.717) is 28.0 Å². The van der Waals surface area contributed by atoms with Gasteiger partial charge in [-0.25, -0.2) is 19.3 Å². The van der Waals surface area contributed by atoms with E-state index in [-0.39, 0.29) is 22.5 Å². The Hall–Kier alpha value is -5.28. The third kappa shape index (κ3) is 4.32. The van der Waals surface area contributed by atoms with E-state index in [0.717, 1.165) is 17.2 Å². The first-order chi connectivity index (χ1) is 19.3. The number of anilines is 2. The van der Waals surface area contributed by atoms with Crippen molar-refractivity contribution in [2.24, 2.45) is 0 Å². The van der Waals surface area contributed by atoms with Crippen LogP contribution in [0.5, 0.6) is 0 Å². The van der Waals surface area contributed by atoms with Gasteiger partial charge in [0.05, 0.1) is 29.3 Å². The first-order valence-corrected chi connectivity index (χ1v) is 11.6. The van der Waals surface area contributed by atoms with Crippen molar-refractivity contribution in [1.82, 2.24) is 29.5 Å². The summed E-state index contributed by atoms with van der Waals surface area (Å²) in [5.41, 5.74) is -3.63. The van der Waals surface area contributed by atoms with E-state index in [1.165, 1.54) is 37.3 Å². The highest BCUT2D eigenvalue weighted by Gasteiger charge is 2.41. The van der Waals surface area contributed by atoms with Gasteiger partial charge in [0, 0.05) is 22.0 Å². The molecule has 41 heavy (non-hydrogen) atoms. The molecule has 0 radical (unpaired) electrons. The molecular formula is C25H14F6N8O2. The third-order valence-electron chi connectivity index (χ3n) is 6.27. The number of pyridine rings is 1. The van der Waals surface area contributed by atoms with Gasteiger partial charge in [0.25, 0.3) is 11.8 Å².